The fraction of sp³-hybridized carbons (Fsp3) is 0.727. The Balaban J connectivity index is 3.06. The molecule has 0 aliphatic rings. The molecule has 0 aromatic carbocycles. The molecule has 14 heavy (non-hydrogen) atoms. The molecule has 1 rings (SSSR count). The Morgan fingerprint density at radius 3 is 2.29 bits per heavy atom. The summed E-state index contributed by atoms with van der Waals surface area (Å²) in [6.07, 6.45) is 0. The second kappa shape index (κ2) is 4.60. The van der Waals surface area contributed by atoms with Crippen molar-refractivity contribution in [3.8, 4) is 0 Å². The van der Waals surface area contributed by atoms with E-state index in [9.17, 15) is 0 Å². The first kappa shape index (κ1) is 11.2. The van der Waals surface area contributed by atoms with Gasteiger partial charge in [0.15, 0.2) is 0 Å². The molecule has 3 nitrogen and oxygen atoms in total. The van der Waals surface area contributed by atoms with E-state index in [0.717, 1.165) is 6.54 Å². The van der Waals surface area contributed by atoms with Crippen LogP contribution in [-0.4, -0.2) is 17.2 Å². The van der Waals surface area contributed by atoms with Crippen molar-refractivity contribution < 1.29 is 0 Å². The van der Waals surface area contributed by atoms with Crippen LogP contribution in [0.4, 0.5) is 0 Å². The highest BCUT2D eigenvalue weighted by atomic mass is 15.1. The third-order valence-electron chi connectivity index (χ3n) is 2.41. The molecule has 0 unspecified atom stereocenters. The second-order valence-corrected chi connectivity index (χ2v) is 4.34. The highest BCUT2D eigenvalue weighted by Gasteiger charge is 2.16. The summed E-state index contributed by atoms with van der Waals surface area (Å²) in [5.41, 5.74) is 3.81. The molecular formula is C11H21N3. The lowest BCUT2D eigenvalue weighted by Gasteiger charge is -2.09. The fourth-order valence-corrected chi connectivity index (χ4v) is 1.71. The van der Waals surface area contributed by atoms with E-state index in [-0.39, 0.29) is 0 Å². The van der Waals surface area contributed by atoms with Crippen molar-refractivity contribution in [1.29, 1.82) is 0 Å². The third-order valence-corrected chi connectivity index (χ3v) is 2.41. The van der Waals surface area contributed by atoms with Gasteiger partial charge in [-0.2, -0.15) is 5.10 Å². The number of nitrogens with one attached hydrogen (secondary N) is 2. The number of aromatic amines is 1. The lowest BCUT2D eigenvalue weighted by molar-refractivity contribution is 0.745. The summed E-state index contributed by atoms with van der Waals surface area (Å²) in [4.78, 5) is 0. The topological polar surface area (TPSA) is 40.7 Å². The predicted molar refractivity (Wildman–Crippen MR) is 59.5 cm³/mol. The molecule has 1 aromatic heterocycles. The van der Waals surface area contributed by atoms with Gasteiger partial charge in [0.05, 0.1) is 5.69 Å². The minimum atomic E-state index is 0.488. The van der Waals surface area contributed by atoms with Crippen LogP contribution in [0, 0.1) is 0 Å². The maximum Gasteiger partial charge on any atom is 0.0695 e. The summed E-state index contributed by atoms with van der Waals surface area (Å²) < 4.78 is 0. The number of hydrogen-bond donors (Lipinski definition) is 2. The maximum atomic E-state index is 4.39. The van der Waals surface area contributed by atoms with Gasteiger partial charge in [-0.15, -0.1) is 0 Å². The van der Waals surface area contributed by atoms with Crippen LogP contribution >= 0.6 is 0 Å². The summed E-state index contributed by atoms with van der Waals surface area (Å²) in [7, 11) is 1.97. The average molecular weight is 195 g/mol. The van der Waals surface area contributed by atoms with Crippen LogP contribution in [0.2, 0.25) is 0 Å². The summed E-state index contributed by atoms with van der Waals surface area (Å²) in [6, 6.07) is 0. The molecule has 1 heterocycles. The van der Waals surface area contributed by atoms with Gasteiger partial charge in [-0.25, -0.2) is 0 Å². The van der Waals surface area contributed by atoms with Gasteiger partial charge in [0.2, 0.25) is 0 Å². The van der Waals surface area contributed by atoms with E-state index < -0.39 is 0 Å². The Morgan fingerprint density at radius 1 is 1.21 bits per heavy atom. The van der Waals surface area contributed by atoms with E-state index >= 15 is 0 Å². The van der Waals surface area contributed by atoms with Gasteiger partial charge in [-0.1, -0.05) is 27.7 Å². The van der Waals surface area contributed by atoms with Crippen LogP contribution in [0.25, 0.3) is 0 Å². The summed E-state index contributed by atoms with van der Waals surface area (Å²) in [5, 5.41) is 10.7. The van der Waals surface area contributed by atoms with Crippen molar-refractivity contribution in [2.75, 3.05) is 7.05 Å². The maximum absolute atomic E-state index is 4.39. The molecule has 0 amide bonds. The fourth-order valence-electron chi connectivity index (χ4n) is 1.71. The van der Waals surface area contributed by atoms with Crippen LogP contribution in [0.5, 0.6) is 0 Å². The standard InChI is InChI=1S/C11H21N3/c1-7(2)10-9(6-12-5)11(8(3)4)14-13-10/h7-8,12H,6H2,1-5H3,(H,13,14). The summed E-state index contributed by atoms with van der Waals surface area (Å²) >= 11 is 0. The van der Waals surface area contributed by atoms with Crippen molar-refractivity contribution in [2.45, 2.75) is 46.1 Å². The smallest absolute Gasteiger partial charge is 0.0695 e. The zero-order chi connectivity index (χ0) is 10.7. The quantitative estimate of drug-likeness (QED) is 0.774. The molecular weight excluding hydrogens is 174 g/mol. The number of H-pyrrole nitrogens is 1. The van der Waals surface area contributed by atoms with Gasteiger partial charge in [0.1, 0.15) is 0 Å². The largest absolute Gasteiger partial charge is 0.316 e. The molecule has 1 aromatic rings. The second-order valence-electron chi connectivity index (χ2n) is 4.34. The highest BCUT2D eigenvalue weighted by molar-refractivity contribution is 5.29. The molecule has 0 atom stereocenters. The molecule has 0 fully saturated rings. The van der Waals surface area contributed by atoms with Gasteiger partial charge in [-0.05, 0) is 18.9 Å². The van der Waals surface area contributed by atoms with Crippen LogP contribution in [-0.2, 0) is 6.54 Å². The number of nitrogens with zero attached hydrogens (tertiary/aromatic N) is 1. The minimum Gasteiger partial charge on any atom is -0.316 e. The van der Waals surface area contributed by atoms with Crippen molar-refractivity contribution in [2.24, 2.45) is 0 Å². The van der Waals surface area contributed by atoms with Crippen molar-refractivity contribution in [3.63, 3.8) is 0 Å². The molecule has 0 aliphatic carbocycles. The summed E-state index contributed by atoms with van der Waals surface area (Å²) in [5.74, 6) is 1.00. The van der Waals surface area contributed by atoms with Gasteiger partial charge in [-0.3, -0.25) is 5.10 Å². The molecule has 0 saturated carbocycles. The predicted octanol–water partition coefficient (Wildman–Crippen LogP) is 2.38. The normalized spacial score (nSPS) is 11.6. The Labute approximate surface area is 86.3 Å². The molecule has 0 saturated heterocycles. The molecule has 3 heteroatoms. The average Bonchev–Trinajstić information content (AvgIpc) is 2.48. The lowest BCUT2D eigenvalue weighted by Crippen LogP contribution is -2.10. The van der Waals surface area contributed by atoms with E-state index in [1.807, 2.05) is 7.05 Å². The first-order valence-electron chi connectivity index (χ1n) is 5.29. The molecule has 80 valence electrons. The lowest BCUT2D eigenvalue weighted by atomic mass is 9.99. The van der Waals surface area contributed by atoms with Gasteiger partial charge in [0.25, 0.3) is 0 Å². The molecule has 0 bridgehead atoms. The summed E-state index contributed by atoms with van der Waals surface area (Å²) in [6.45, 7) is 9.64. The van der Waals surface area contributed by atoms with E-state index in [1.165, 1.54) is 17.0 Å². The van der Waals surface area contributed by atoms with Gasteiger partial charge in [0, 0.05) is 17.8 Å². The third kappa shape index (κ3) is 2.15. The minimum absolute atomic E-state index is 0.488. The molecule has 0 aliphatic heterocycles. The first-order chi connectivity index (χ1) is 6.57. The van der Waals surface area contributed by atoms with Crippen LogP contribution < -0.4 is 5.32 Å². The first-order valence-corrected chi connectivity index (χ1v) is 5.29. The molecule has 0 spiro atoms. The van der Waals surface area contributed by atoms with Crippen LogP contribution in [0.15, 0.2) is 0 Å². The van der Waals surface area contributed by atoms with Gasteiger partial charge >= 0.3 is 0 Å². The molecule has 0 radical (unpaired) electrons. The number of rotatable bonds is 4. The molecule has 2 N–H and O–H groups in total. The Morgan fingerprint density at radius 2 is 1.86 bits per heavy atom. The van der Waals surface area contributed by atoms with Gasteiger partial charge < -0.3 is 5.32 Å². The van der Waals surface area contributed by atoms with E-state index in [1.54, 1.807) is 0 Å². The zero-order valence-corrected chi connectivity index (χ0v) is 9.81. The van der Waals surface area contributed by atoms with E-state index in [0.29, 0.717) is 11.8 Å². The monoisotopic (exact) mass is 195 g/mol. The number of hydrogen-bond acceptors (Lipinski definition) is 2. The van der Waals surface area contributed by atoms with Crippen molar-refractivity contribution >= 4 is 0 Å². The Hall–Kier alpha value is -0.830. The van der Waals surface area contributed by atoms with Crippen molar-refractivity contribution in [1.82, 2.24) is 15.5 Å². The Kier molecular flexibility index (Phi) is 3.69. The van der Waals surface area contributed by atoms with Crippen LogP contribution in [0.1, 0.15) is 56.5 Å². The zero-order valence-electron chi connectivity index (χ0n) is 9.81. The SMILES string of the molecule is CNCc1c(C(C)C)n[nH]c1C(C)C. The highest BCUT2D eigenvalue weighted by Crippen LogP contribution is 2.24. The van der Waals surface area contributed by atoms with Crippen LogP contribution in [0.3, 0.4) is 0 Å². The van der Waals surface area contributed by atoms with E-state index in [4.69, 9.17) is 0 Å². The Bertz CT molecular complexity index is 261. The van der Waals surface area contributed by atoms with E-state index in [2.05, 4.69) is 43.2 Å². The number of aromatic nitrogens is 2. The van der Waals surface area contributed by atoms with Crippen molar-refractivity contribution in [3.05, 3.63) is 17.0 Å².